The molecular formula is C14H17BrF3N5O. The van der Waals surface area contributed by atoms with Gasteiger partial charge >= 0.3 is 6.18 Å². The highest BCUT2D eigenvalue weighted by atomic mass is 79.9. The summed E-state index contributed by atoms with van der Waals surface area (Å²) in [5, 5.41) is 12.1. The molecule has 1 amide bonds. The average molecular weight is 408 g/mol. The molecule has 2 aromatic heterocycles. The Labute approximate surface area is 144 Å². The highest BCUT2D eigenvalue weighted by Crippen LogP contribution is 2.34. The first-order valence-electron chi connectivity index (χ1n) is 7.14. The Bertz CT molecular complexity index is 765. The van der Waals surface area contributed by atoms with Crippen molar-refractivity contribution in [3.63, 3.8) is 0 Å². The normalized spacial score (nSPS) is 13.2. The van der Waals surface area contributed by atoms with Crippen molar-refractivity contribution in [2.75, 3.05) is 5.32 Å². The lowest BCUT2D eigenvalue weighted by atomic mass is 10.1. The van der Waals surface area contributed by atoms with E-state index in [9.17, 15) is 18.0 Å². The van der Waals surface area contributed by atoms with Gasteiger partial charge in [-0.05, 0) is 36.7 Å². The van der Waals surface area contributed by atoms with Crippen molar-refractivity contribution in [2.45, 2.75) is 40.4 Å². The van der Waals surface area contributed by atoms with Gasteiger partial charge in [0.25, 0.3) is 0 Å². The summed E-state index contributed by atoms with van der Waals surface area (Å²) in [7, 11) is 0. The van der Waals surface area contributed by atoms with E-state index in [0.717, 1.165) is 15.9 Å². The number of halogens is 4. The van der Waals surface area contributed by atoms with Crippen LogP contribution in [0.4, 0.5) is 18.9 Å². The number of nitrogens with one attached hydrogen (secondary N) is 2. The van der Waals surface area contributed by atoms with E-state index in [0.29, 0.717) is 0 Å². The van der Waals surface area contributed by atoms with E-state index in [1.165, 1.54) is 6.92 Å². The maximum absolute atomic E-state index is 12.9. The number of carbonyl (C=O) groups excluding carboxylic acids is 1. The van der Waals surface area contributed by atoms with Crippen molar-refractivity contribution in [1.29, 1.82) is 0 Å². The highest BCUT2D eigenvalue weighted by Gasteiger charge is 2.38. The molecule has 0 aliphatic rings. The molecule has 0 bridgehead atoms. The maximum Gasteiger partial charge on any atom is 0.437 e. The fraction of sp³-hybridized carbons (Fsp3) is 0.500. The number of aromatic nitrogens is 4. The van der Waals surface area contributed by atoms with Crippen LogP contribution in [-0.4, -0.2) is 25.9 Å². The van der Waals surface area contributed by atoms with Crippen LogP contribution < -0.4 is 5.32 Å². The minimum Gasteiger partial charge on any atom is -0.322 e. The minimum atomic E-state index is -4.64. The summed E-state index contributed by atoms with van der Waals surface area (Å²) in [6.07, 6.45) is -4.64. The van der Waals surface area contributed by atoms with Gasteiger partial charge in [0, 0.05) is 5.69 Å². The largest absolute Gasteiger partial charge is 0.437 e. The molecule has 0 fully saturated rings. The number of nitrogens with zero attached hydrogens (tertiary/aromatic N) is 3. The van der Waals surface area contributed by atoms with Crippen LogP contribution in [0, 0.1) is 26.7 Å². The lowest BCUT2D eigenvalue weighted by Gasteiger charge is -2.14. The van der Waals surface area contributed by atoms with Crippen LogP contribution >= 0.6 is 15.9 Å². The van der Waals surface area contributed by atoms with Crippen molar-refractivity contribution < 1.29 is 18.0 Å². The molecule has 1 unspecified atom stereocenters. The van der Waals surface area contributed by atoms with Crippen molar-refractivity contribution in [1.82, 2.24) is 20.0 Å². The Balaban J connectivity index is 2.15. The Hall–Kier alpha value is -1.84. The Morgan fingerprint density at radius 3 is 2.50 bits per heavy atom. The van der Waals surface area contributed by atoms with Crippen molar-refractivity contribution >= 4 is 27.5 Å². The van der Waals surface area contributed by atoms with Gasteiger partial charge in [-0.25, -0.2) is 0 Å². The maximum atomic E-state index is 12.9. The van der Waals surface area contributed by atoms with Crippen LogP contribution in [0.5, 0.6) is 0 Å². The topological polar surface area (TPSA) is 75.6 Å². The summed E-state index contributed by atoms with van der Waals surface area (Å²) >= 11 is 3.40. The fourth-order valence-corrected chi connectivity index (χ4v) is 2.51. The Morgan fingerprint density at radius 1 is 1.38 bits per heavy atom. The molecule has 6 nitrogen and oxygen atoms in total. The molecule has 0 radical (unpaired) electrons. The zero-order valence-electron chi connectivity index (χ0n) is 13.5. The molecular weight excluding hydrogens is 391 g/mol. The summed E-state index contributed by atoms with van der Waals surface area (Å²) in [6.45, 7) is 6.96. The van der Waals surface area contributed by atoms with Crippen LogP contribution in [0.15, 0.2) is 4.47 Å². The predicted octanol–water partition coefficient (Wildman–Crippen LogP) is 3.59. The van der Waals surface area contributed by atoms with Gasteiger partial charge in [-0.15, -0.1) is 0 Å². The van der Waals surface area contributed by atoms with Crippen LogP contribution in [0.25, 0.3) is 0 Å². The number of H-pyrrole nitrogens is 1. The first kappa shape index (κ1) is 18.5. The van der Waals surface area contributed by atoms with E-state index in [4.69, 9.17) is 0 Å². The van der Waals surface area contributed by atoms with Gasteiger partial charge in [0.05, 0.1) is 34.0 Å². The molecule has 1 atom stereocenters. The van der Waals surface area contributed by atoms with E-state index < -0.39 is 23.7 Å². The summed E-state index contributed by atoms with van der Waals surface area (Å²) in [4.78, 5) is 12.3. The molecule has 2 aromatic rings. The standard InChI is InChI=1S/C14H17BrF3N5O/c1-6(5-23-9(4)10(15)7(2)22-23)13(24)19-11-8(3)20-21-12(11)14(16,17)18/h6H,5H2,1-4H3,(H,19,24)(H,20,21). The third-order valence-electron chi connectivity index (χ3n) is 3.65. The zero-order chi connectivity index (χ0) is 18.2. The highest BCUT2D eigenvalue weighted by molar-refractivity contribution is 9.10. The van der Waals surface area contributed by atoms with Crippen molar-refractivity contribution in [2.24, 2.45) is 5.92 Å². The Kier molecular flexibility index (Phi) is 5.07. The summed E-state index contributed by atoms with van der Waals surface area (Å²) in [5.74, 6) is -1.11. The molecule has 0 aromatic carbocycles. The Morgan fingerprint density at radius 2 is 2.00 bits per heavy atom. The number of amides is 1. The average Bonchev–Trinajstić information content (AvgIpc) is 2.95. The molecule has 2 rings (SSSR count). The van der Waals surface area contributed by atoms with Crippen molar-refractivity contribution in [3.05, 3.63) is 27.2 Å². The number of alkyl halides is 3. The molecule has 24 heavy (non-hydrogen) atoms. The molecule has 0 spiro atoms. The number of hydrogen-bond acceptors (Lipinski definition) is 3. The lowest BCUT2D eigenvalue weighted by Crippen LogP contribution is -2.26. The second-order valence-electron chi connectivity index (χ2n) is 5.63. The third-order valence-corrected chi connectivity index (χ3v) is 4.80. The molecule has 2 heterocycles. The van der Waals surface area contributed by atoms with Crippen molar-refractivity contribution in [3.8, 4) is 0 Å². The van der Waals surface area contributed by atoms with Crippen LogP contribution in [0.3, 0.4) is 0 Å². The minimum absolute atomic E-state index is 0.150. The van der Waals surface area contributed by atoms with Crippen LogP contribution in [0.1, 0.15) is 29.7 Å². The first-order chi connectivity index (χ1) is 11.0. The van der Waals surface area contributed by atoms with E-state index in [-0.39, 0.29) is 17.9 Å². The quantitative estimate of drug-likeness (QED) is 0.812. The lowest BCUT2D eigenvalue weighted by molar-refractivity contribution is -0.140. The fourth-order valence-electron chi connectivity index (χ4n) is 2.23. The molecule has 0 saturated heterocycles. The zero-order valence-corrected chi connectivity index (χ0v) is 15.1. The summed E-state index contributed by atoms with van der Waals surface area (Å²) < 4.78 is 41.2. The van der Waals surface area contributed by atoms with Gasteiger partial charge in [-0.2, -0.15) is 23.4 Å². The van der Waals surface area contributed by atoms with Crippen LogP contribution in [0.2, 0.25) is 0 Å². The number of aryl methyl sites for hydroxylation is 2. The van der Waals surface area contributed by atoms with Gasteiger partial charge in [0.2, 0.25) is 5.91 Å². The van der Waals surface area contributed by atoms with E-state index in [1.54, 1.807) is 11.6 Å². The van der Waals surface area contributed by atoms with Gasteiger partial charge < -0.3 is 5.32 Å². The van der Waals surface area contributed by atoms with E-state index in [2.05, 4.69) is 36.5 Å². The molecule has 0 aliphatic heterocycles. The van der Waals surface area contributed by atoms with E-state index >= 15 is 0 Å². The van der Waals surface area contributed by atoms with Crippen LogP contribution in [-0.2, 0) is 17.5 Å². The first-order valence-corrected chi connectivity index (χ1v) is 7.94. The predicted molar refractivity (Wildman–Crippen MR) is 85.5 cm³/mol. The van der Waals surface area contributed by atoms with Gasteiger partial charge in [-0.1, -0.05) is 6.92 Å². The van der Waals surface area contributed by atoms with Gasteiger partial charge in [-0.3, -0.25) is 14.6 Å². The molecule has 10 heteroatoms. The second-order valence-corrected chi connectivity index (χ2v) is 6.42. The van der Waals surface area contributed by atoms with Gasteiger partial charge in [0.1, 0.15) is 0 Å². The number of anilines is 1. The molecule has 0 aliphatic carbocycles. The monoisotopic (exact) mass is 407 g/mol. The van der Waals surface area contributed by atoms with Gasteiger partial charge in [0.15, 0.2) is 5.69 Å². The smallest absolute Gasteiger partial charge is 0.322 e. The molecule has 132 valence electrons. The number of aromatic amines is 1. The SMILES string of the molecule is Cc1nn(CC(C)C(=O)Nc2c(C(F)(F)F)n[nH]c2C)c(C)c1Br. The van der Waals surface area contributed by atoms with E-state index in [1.807, 2.05) is 13.8 Å². The number of carbonyl (C=O) groups is 1. The molecule has 2 N–H and O–H groups in total. The number of rotatable bonds is 4. The summed E-state index contributed by atoms with van der Waals surface area (Å²) in [5.41, 5.74) is 0.313. The number of hydrogen-bond donors (Lipinski definition) is 2. The summed E-state index contributed by atoms with van der Waals surface area (Å²) in [6, 6.07) is 0. The third kappa shape index (κ3) is 3.63. The molecule has 0 saturated carbocycles. The second kappa shape index (κ2) is 6.58.